The Kier molecular flexibility index (Phi) is 8.87. The van der Waals surface area contributed by atoms with Crippen LogP contribution in [0.2, 0.25) is 0 Å². The van der Waals surface area contributed by atoms with E-state index >= 15 is 0 Å². The summed E-state index contributed by atoms with van der Waals surface area (Å²) in [6, 6.07) is 11.7. The molecule has 0 bridgehead atoms. The fourth-order valence-corrected chi connectivity index (χ4v) is 2.94. The summed E-state index contributed by atoms with van der Waals surface area (Å²) in [5.41, 5.74) is 1.68. The highest BCUT2D eigenvalue weighted by Gasteiger charge is 2.14. The molecule has 0 aromatic heterocycles. The minimum atomic E-state index is -0.557. The second-order valence-corrected chi connectivity index (χ2v) is 6.62. The molecule has 166 valence electrons. The van der Waals surface area contributed by atoms with Crippen molar-refractivity contribution in [3.8, 4) is 11.5 Å². The number of hydrogen-bond donors (Lipinski definition) is 1. The number of anilines is 1. The molecule has 2 aromatic carbocycles. The van der Waals surface area contributed by atoms with Crippen LogP contribution in [0, 0.1) is 0 Å². The maximum atomic E-state index is 12.3. The summed E-state index contributed by atoms with van der Waals surface area (Å²) in [6.07, 6.45) is -0.0391. The van der Waals surface area contributed by atoms with Crippen LogP contribution >= 0.6 is 0 Å². The van der Waals surface area contributed by atoms with Crippen LogP contribution in [0.25, 0.3) is 0 Å². The summed E-state index contributed by atoms with van der Waals surface area (Å²) < 4.78 is 15.4. The molecule has 2 rings (SSSR count). The summed E-state index contributed by atoms with van der Waals surface area (Å²) in [7, 11) is 3.04. The van der Waals surface area contributed by atoms with E-state index in [9.17, 15) is 14.4 Å². The Morgan fingerprint density at radius 1 is 0.935 bits per heavy atom. The third-order valence-electron chi connectivity index (χ3n) is 4.66. The first-order chi connectivity index (χ1) is 14.9. The van der Waals surface area contributed by atoms with Crippen LogP contribution in [-0.2, 0) is 20.7 Å². The van der Waals surface area contributed by atoms with E-state index in [1.165, 1.54) is 14.2 Å². The Bertz CT molecular complexity index is 907. The highest BCUT2D eigenvalue weighted by Crippen LogP contribution is 2.25. The van der Waals surface area contributed by atoms with E-state index in [2.05, 4.69) is 5.32 Å². The van der Waals surface area contributed by atoms with Gasteiger partial charge in [-0.25, -0.2) is 0 Å². The number of carbonyl (C=O) groups excluding carboxylic acids is 3. The number of benzene rings is 2. The number of nitrogens with one attached hydrogen (secondary N) is 1. The van der Waals surface area contributed by atoms with Gasteiger partial charge in [0.1, 0.15) is 11.5 Å². The van der Waals surface area contributed by atoms with Gasteiger partial charge in [0.25, 0.3) is 11.8 Å². The van der Waals surface area contributed by atoms with Gasteiger partial charge in [-0.05, 0) is 44.2 Å². The molecule has 0 fully saturated rings. The minimum Gasteiger partial charge on any atom is -0.497 e. The molecule has 0 aliphatic rings. The Balaban J connectivity index is 1.86. The molecule has 0 aliphatic carbocycles. The zero-order valence-corrected chi connectivity index (χ0v) is 18.3. The average Bonchev–Trinajstić information content (AvgIpc) is 2.79. The number of ether oxygens (including phenoxy) is 3. The van der Waals surface area contributed by atoms with Crippen LogP contribution in [0.3, 0.4) is 0 Å². The van der Waals surface area contributed by atoms with E-state index in [0.29, 0.717) is 41.4 Å². The van der Waals surface area contributed by atoms with Gasteiger partial charge in [0, 0.05) is 36.0 Å². The lowest BCUT2D eigenvalue weighted by Crippen LogP contribution is -2.30. The van der Waals surface area contributed by atoms with Crippen molar-refractivity contribution < 1.29 is 28.6 Å². The quantitative estimate of drug-likeness (QED) is 0.585. The first-order valence-electron chi connectivity index (χ1n) is 9.97. The van der Waals surface area contributed by atoms with E-state index in [1.807, 2.05) is 13.8 Å². The molecule has 0 heterocycles. The predicted molar refractivity (Wildman–Crippen MR) is 117 cm³/mol. The van der Waals surface area contributed by atoms with Gasteiger partial charge >= 0.3 is 5.97 Å². The highest BCUT2D eigenvalue weighted by molar-refractivity contribution is 5.96. The second kappa shape index (κ2) is 11.6. The minimum absolute atomic E-state index is 0.0391. The van der Waals surface area contributed by atoms with Crippen LogP contribution in [0.5, 0.6) is 11.5 Å². The molecule has 0 saturated heterocycles. The van der Waals surface area contributed by atoms with Crippen molar-refractivity contribution in [3.05, 3.63) is 53.6 Å². The van der Waals surface area contributed by atoms with Gasteiger partial charge in [-0.1, -0.05) is 6.07 Å². The second-order valence-electron chi connectivity index (χ2n) is 6.62. The molecule has 0 aliphatic heterocycles. The van der Waals surface area contributed by atoms with E-state index in [1.54, 1.807) is 47.4 Å². The van der Waals surface area contributed by atoms with Crippen LogP contribution in [0.1, 0.15) is 29.8 Å². The molecular formula is C23H28N2O6. The molecule has 0 radical (unpaired) electrons. The van der Waals surface area contributed by atoms with Crippen molar-refractivity contribution in [2.75, 3.05) is 39.2 Å². The third kappa shape index (κ3) is 6.74. The van der Waals surface area contributed by atoms with Crippen LogP contribution in [0.15, 0.2) is 42.5 Å². The van der Waals surface area contributed by atoms with Gasteiger partial charge < -0.3 is 24.4 Å². The lowest BCUT2D eigenvalue weighted by atomic mass is 10.1. The van der Waals surface area contributed by atoms with Crippen molar-refractivity contribution in [2.24, 2.45) is 0 Å². The van der Waals surface area contributed by atoms with Crippen LogP contribution in [0.4, 0.5) is 5.69 Å². The van der Waals surface area contributed by atoms with Gasteiger partial charge in [0.2, 0.25) is 0 Å². The number of methoxy groups -OCH3 is 2. The summed E-state index contributed by atoms with van der Waals surface area (Å²) in [5.74, 6) is 0.0145. The predicted octanol–water partition coefficient (Wildman–Crippen LogP) is 2.91. The zero-order chi connectivity index (χ0) is 22.8. The molecule has 0 unspecified atom stereocenters. The molecule has 0 saturated carbocycles. The SMILES string of the molecule is CCN(CC)C(=O)c1ccc(NC(=O)COC(=O)Cc2ccc(OC)cc2OC)cc1. The first kappa shape index (κ1) is 23.7. The fourth-order valence-electron chi connectivity index (χ4n) is 2.94. The van der Waals surface area contributed by atoms with E-state index in [4.69, 9.17) is 14.2 Å². The first-order valence-corrected chi connectivity index (χ1v) is 9.97. The van der Waals surface area contributed by atoms with E-state index in [0.717, 1.165) is 0 Å². The maximum Gasteiger partial charge on any atom is 0.310 e. The van der Waals surface area contributed by atoms with Gasteiger partial charge in [-0.3, -0.25) is 14.4 Å². The maximum absolute atomic E-state index is 12.3. The Hall–Kier alpha value is -3.55. The number of amides is 2. The average molecular weight is 428 g/mol. The number of nitrogens with zero attached hydrogens (tertiary/aromatic N) is 1. The summed E-state index contributed by atoms with van der Waals surface area (Å²) >= 11 is 0. The van der Waals surface area contributed by atoms with Crippen LogP contribution in [-0.4, -0.2) is 56.6 Å². The molecule has 8 heteroatoms. The Morgan fingerprint density at radius 2 is 1.61 bits per heavy atom. The molecular weight excluding hydrogens is 400 g/mol. The van der Waals surface area contributed by atoms with Gasteiger partial charge in [0.15, 0.2) is 6.61 Å². The Labute approximate surface area is 182 Å². The highest BCUT2D eigenvalue weighted by atomic mass is 16.5. The Morgan fingerprint density at radius 3 is 2.19 bits per heavy atom. The molecule has 1 N–H and O–H groups in total. The number of hydrogen-bond acceptors (Lipinski definition) is 6. The van der Waals surface area contributed by atoms with Gasteiger partial charge in [-0.2, -0.15) is 0 Å². The molecule has 8 nitrogen and oxygen atoms in total. The van der Waals surface area contributed by atoms with Gasteiger partial charge in [0.05, 0.1) is 20.6 Å². The topological polar surface area (TPSA) is 94.2 Å². The fraction of sp³-hybridized carbons (Fsp3) is 0.348. The largest absolute Gasteiger partial charge is 0.497 e. The van der Waals surface area contributed by atoms with Crippen LogP contribution < -0.4 is 14.8 Å². The molecule has 2 amide bonds. The zero-order valence-electron chi connectivity index (χ0n) is 18.3. The lowest BCUT2D eigenvalue weighted by molar-refractivity contribution is -0.146. The standard InChI is InChI=1S/C23H28N2O6/c1-5-25(6-2)23(28)16-7-10-18(11-8-16)24-21(26)15-31-22(27)13-17-9-12-19(29-3)14-20(17)30-4/h7-12,14H,5-6,13,15H2,1-4H3,(H,24,26). The third-order valence-corrected chi connectivity index (χ3v) is 4.66. The van der Waals surface area contributed by atoms with E-state index < -0.39 is 18.5 Å². The van der Waals surface area contributed by atoms with Crippen molar-refractivity contribution >= 4 is 23.5 Å². The van der Waals surface area contributed by atoms with Crippen molar-refractivity contribution in [2.45, 2.75) is 20.3 Å². The smallest absolute Gasteiger partial charge is 0.310 e. The van der Waals surface area contributed by atoms with Crippen molar-refractivity contribution in [1.29, 1.82) is 0 Å². The number of esters is 1. The molecule has 31 heavy (non-hydrogen) atoms. The normalized spacial score (nSPS) is 10.2. The summed E-state index contributed by atoms with van der Waals surface area (Å²) in [4.78, 5) is 38.2. The number of rotatable bonds is 10. The summed E-state index contributed by atoms with van der Waals surface area (Å²) in [6.45, 7) is 4.67. The molecule has 2 aromatic rings. The lowest BCUT2D eigenvalue weighted by Gasteiger charge is -2.18. The van der Waals surface area contributed by atoms with Crippen molar-refractivity contribution in [3.63, 3.8) is 0 Å². The van der Waals surface area contributed by atoms with E-state index in [-0.39, 0.29) is 12.3 Å². The monoisotopic (exact) mass is 428 g/mol. The molecule has 0 atom stereocenters. The van der Waals surface area contributed by atoms with Gasteiger partial charge in [-0.15, -0.1) is 0 Å². The molecule has 0 spiro atoms. The summed E-state index contributed by atoms with van der Waals surface area (Å²) in [5, 5.41) is 2.64. The number of carbonyl (C=O) groups is 3. The van der Waals surface area contributed by atoms with Crippen molar-refractivity contribution in [1.82, 2.24) is 4.90 Å².